The van der Waals surface area contributed by atoms with E-state index in [1.54, 1.807) is 0 Å². The van der Waals surface area contributed by atoms with Gasteiger partial charge in [0.1, 0.15) is 0 Å². The molecule has 0 radical (unpaired) electrons. The number of nitrogens with one attached hydrogen (secondary N) is 1. The average molecular weight is 337 g/mol. The molecule has 1 aromatic carbocycles. The van der Waals surface area contributed by atoms with E-state index in [0.29, 0.717) is 17.9 Å². The van der Waals surface area contributed by atoms with Crippen molar-refractivity contribution in [1.82, 2.24) is 10.2 Å². The van der Waals surface area contributed by atoms with Crippen LogP contribution in [0.3, 0.4) is 0 Å². The van der Waals surface area contributed by atoms with Gasteiger partial charge in [-0.3, -0.25) is 4.79 Å². The van der Waals surface area contributed by atoms with Gasteiger partial charge in [0.2, 0.25) is 5.91 Å². The summed E-state index contributed by atoms with van der Waals surface area (Å²) in [6, 6.07) is 11.4. The highest BCUT2D eigenvalue weighted by Crippen LogP contribution is 2.32. The van der Waals surface area contributed by atoms with Gasteiger partial charge in [-0.15, -0.1) is 23.7 Å². The first-order valence-electron chi connectivity index (χ1n) is 7.77. The molecule has 1 aromatic heterocycles. The van der Waals surface area contributed by atoms with Gasteiger partial charge >= 0.3 is 0 Å². The molecule has 2 heterocycles. The molecule has 1 N–H and O–H groups in total. The number of thiophene rings is 1. The summed E-state index contributed by atoms with van der Waals surface area (Å²) in [7, 11) is 0. The Bertz CT molecular complexity index is 634. The van der Waals surface area contributed by atoms with Gasteiger partial charge in [0.05, 0.1) is 0 Å². The summed E-state index contributed by atoms with van der Waals surface area (Å²) in [6.07, 6.45) is 3.16. The van der Waals surface area contributed by atoms with Crippen molar-refractivity contribution in [2.24, 2.45) is 5.92 Å². The van der Waals surface area contributed by atoms with Crippen LogP contribution in [0.1, 0.15) is 24.1 Å². The summed E-state index contributed by atoms with van der Waals surface area (Å²) in [4.78, 5) is 15.4. The second-order valence-electron chi connectivity index (χ2n) is 6.23. The Kier molecular flexibility index (Phi) is 4.71. The van der Waals surface area contributed by atoms with Crippen LogP contribution in [0.25, 0.3) is 10.1 Å². The van der Waals surface area contributed by atoms with Gasteiger partial charge in [-0.1, -0.05) is 18.2 Å². The third-order valence-electron chi connectivity index (χ3n) is 4.43. The molecule has 1 saturated carbocycles. The number of benzene rings is 1. The zero-order chi connectivity index (χ0) is 14.2. The Morgan fingerprint density at radius 1 is 1.27 bits per heavy atom. The number of hydrogen-bond donors (Lipinski definition) is 1. The molecular formula is C17H21ClN2OS. The number of rotatable bonds is 5. The number of carbonyl (C=O) groups excluding carboxylic acids is 1. The molecule has 1 atom stereocenters. The van der Waals surface area contributed by atoms with Crippen LogP contribution >= 0.6 is 23.7 Å². The van der Waals surface area contributed by atoms with E-state index in [9.17, 15) is 4.79 Å². The van der Waals surface area contributed by atoms with Crippen molar-refractivity contribution in [2.75, 3.05) is 13.1 Å². The van der Waals surface area contributed by atoms with Gasteiger partial charge in [0.25, 0.3) is 0 Å². The molecule has 118 valence electrons. The minimum Gasteiger partial charge on any atom is -0.339 e. The van der Waals surface area contributed by atoms with Crippen molar-refractivity contribution in [3.05, 3.63) is 35.2 Å². The largest absolute Gasteiger partial charge is 0.339 e. The fraction of sp³-hybridized carbons (Fsp3) is 0.471. The van der Waals surface area contributed by atoms with Gasteiger partial charge in [0.15, 0.2) is 0 Å². The van der Waals surface area contributed by atoms with Crippen molar-refractivity contribution in [3.8, 4) is 0 Å². The Morgan fingerprint density at radius 2 is 2.09 bits per heavy atom. The number of carbonyl (C=O) groups is 1. The number of amides is 1. The first-order valence-corrected chi connectivity index (χ1v) is 8.59. The molecule has 1 saturated heterocycles. The number of halogens is 1. The molecule has 1 aliphatic carbocycles. The minimum absolute atomic E-state index is 0. The first kappa shape index (κ1) is 15.8. The maximum atomic E-state index is 11.9. The molecule has 2 aliphatic rings. The summed E-state index contributed by atoms with van der Waals surface area (Å²) in [6.45, 7) is 2.82. The van der Waals surface area contributed by atoms with Gasteiger partial charge in [0, 0.05) is 41.7 Å². The Labute approximate surface area is 141 Å². The van der Waals surface area contributed by atoms with Crippen molar-refractivity contribution >= 4 is 39.7 Å². The molecule has 4 rings (SSSR count). The van der Waals surface area contributed by atoms with E-state index in [-0.39, 0.29) is 12.4 Å². The molecule has 1 unspecified atom stereocenters. The summed E-state index contributed by atoms with van der Waals surface area (Å²) in [5.41, 5.74) is 0. The zero-order valence-corrected chi connectivity index (χ0v) is 14.1. The van der Waals surface area contributed by atoms with Crippen molar-refractivity contribution in [2.45, 2.75) is 31.8 Å². The lowest BCUT2D eigenvalue weighted by Gasteiger charge is -2.15. The van der Waals surface area contributed by atoms with Crippen LogP contribution in [0.2, 0.25) is 0 Å². The third kappa shape index (κ3) is 3.29. The van der Waals surface area contributed by atoms with Crippen LogP contribution in [0.4, 0.5) is 0 Å². The normalized spacial score (nSPS) is 21.4. The fourth-order valence-corrected chi connectivity index (χ4v) is 4.24. The van der Waals surface area contributed by atoms with E-state index in [2.05, 4.69) is 40.5 Å². The maximum absolute atomic E-state index is 11.9. The highest BCUT2D eigenvalue weighted by atomic mass is 35.5. The molecule has 1 amide bonds. The average Bonchev–Trinajstić information content (AvgIpc) is 3.13. The van der Waals surface area contributed by atoms with E-state index < -0.39 is 0 Å². The maximum Gasteiger partial charge on any atom is 0.223 e. The van der Waals surface area contributed by atoms with E-state index in [0.717, 1.165) is 26.1 Å². The number of nitrogens with zero attached hydrogens (tertiary/aromatic N) is 1. The van der Waals surface area contributed by atoms with Crippen LogP contribution in [-0.4, -0.2) is 29.9 Å². The lowest BCUT2D eigenvalue weighted by Crippen LogP contribution is -2.29. The third-order valence-corrected chi connectivity index (χ3v) is 5.55. The molecule has 22 heavy (non-hydrogen) atoms. The van der Waals surface area contributed by atoms with Gasteiger partial charge in [-0.2, -0.15) is 0 Å². The predicted octanol–water partition coefficient (Wildman–Crippen LogP) is 3.42. The number of fused-ring (bicyclic) bond motifs is 1. The fourth-order valence-electron chi connectivity index (χ4n) is 3.21. The minimum atomic E-state index is 0. The van der Waals surface area contributed by atoms with E-state index in [1.165, 1.54) is 27.8 Å². The monoisotopic (exact) mass is 336 g/mol. The smallest absolute Gasteiger partial charge is 0.223 e. The van der Waals surface area contributed by atoms with E-state index in [4.69, 9.17) is 0 Å². The summed E-state index contributed by atoms with van der Waals surface area (Å²) >= 11 is 1.86. The van der Waals surface area contributed by atoms with Crippen LogP contribution in [-0.2, 0) is 11.3 Å². The number of hydrogen-bond acceptors (Lipinski definition) is 3. The van der Waals surface area contributed by atoms with Crippen LogP contribution in [0, 0.1) is 5.92 Å². The first-order chi connectivity index (χ1) is 10.3. The van der Waals surface area contributed by atoms with Crippen molar-refractivity contribution in [3.63, 3.8) is 0 Å². The second-order valence-corrected chi connectivity index (χ2v) is 7.40. The van der Waals surface area contributed by atoms with Crippen molar-refractivity contribution < 1.29 is 4.79 Å². The molecule has 0 bridgehead atoms. The second kappa shape index (κ2) is 6.57. The Morgan fingerprint density at radius 3 is 2.86 bits per heavy atom. The van der Waals surface area contributed by atoms with Crippen LogP contribution in [0.5, 0.6) is 0 Å². The molecule has 5 heteroatoms. The summed E-state index contributed by atoms with van der Waals surface area (Å²) < 4.78 is 1.35. The predicted molar refractivity (Wildman–Crippen MR) is 93.6 cm³/mol. The lowest BCUT2D eigenvalue weighted by molar-refractivity contribution is -0.128. The standard InChI is InChI=1S/C17H20N2OS.ClH/c20-17-7-12(11-19(17)14-5-6-14)9-18-10-15-8-13-3-1-2-4-16(13)21-15;/h1-4,8,12,14,18H,5-7,9-11H2;1H. The highest BCUT2D eigenvalue weighted by Gasteiger charge is 2.38. The molecule has 1 aliphatic heterocycles. The Hall–Kier alpha value is -1.10. The Balaban J connectivity index is 0.00000144. The quantitative estimate of drug-likeness (QED) is 0.907. The lowest BCUT2D eigenvalue weighted by atomic mass is 10.1. The van der Waals surface area contributed by atoms with Crippen LogP contribution in [0.15, 0.2) is 30.3 Å². The van der Waals surface area contributed by atoms with Gasteiger partial charge in [-0.25, -0.2) is 0 Å². The van der Waals surface area contributed by atoms with E-state index >= 15 is 0 Å². The molecule has 2 aromatic rings. The van der Waals surface area contributed by atoms with Crippen LogP contribution < -0.4 is 5.32 Å². The molecule has 0 spiro atoms. The van der Waals surface area contributed by atoms with Gasteiger partial charge in [-0.05, 0) is 36.3 Å². The summed E-state index contributed by atoms with van der Waals surface area (Å²) in [5, 5.41) is 4.87. The molecule has 3 nitrogen and oxygen atoms in total. The molecular weight excluding hydrogens is 316 g/mol. The number of likely N-dealkylation sites (tertiary alicyclic amines) is 1. The topological polar surface area (TPSA) is 32.3 Å². The SMILES string of the molecule is Cl.O=C1CC(CNCc2cc3ccccc3s2)CN1C1CC1. The van der Waals surface area contributed by atoms with Gasteiger partial charge < -0.3 is 10.2 Å². The zero-order valence-electron chi connectivity index (χ0n) is 12.5. The van der Waals surface area contributed by atoms with E-state index in [1.807, 2.05) is 11.3 Å². The molecule has 2 fully saturated rings. The highest BCUT2D eigenvalue weighted by molar-refractivity contribution is 7.19. The summed E-state index contributed by atoms with van der Waals surface area (Å²) in [5.74, 6) is 0.860. The van der Waals surface area contributed by atoms with Crippen molar-refractivity contribution in [1.29, 1.82) is 0 Å².